The second-order valence-electron chi connectivity index (χ2n) is 3.86. The SMILES string of the molecule is CCCCCn1nnc(C(=O)O)c1CCOC. The predicted octanol–water partition coefficient (Wildman–Crippen LogP) is 1.36. The Morgan fingerprint density at radius 3 is 2.82 bits per heavy atom. The molecule has 17 heavy (non-hydrogen) atoms. The number of carboxylic acid groups (broad SMARTS) is 1. The lowest BCUT2D eigenvalue weighted by Gasteiger charge is -2.06. The molecule has 1 N–H and O–H groups in total. The minimum absolute atomic E-state index is 0.0403. The highest BCUT2D eigenvalue weighted by molar-refractivity contribution is 5.86. The Morgan fingerprint density at radius 1 is 1.47 bits per heavy atom. The van der Waals surface area contributed by atoms with E-state index in [2.05, 4.69) is 17.2 Å². The number of unbranched alkanes of at least 4 members (excludes halogenated alkanes) is 2. The summed E-state index contributed by atoms with van der Waals surface area (Å²) in [5.74, 6) is -1.03. The van der Waals surface area contributed by atoms with Crippen LogP contribution in [-0.2, 0) is 17.7 Å². The van der Waals surface area contributed by atoms with Crippen LogP contribution in [0.4, 0.5) is 0 Å². The molecule has 0 aliphatic rings. The third kappa shape index (κ3) is 3.81. The summed E-state index contributed by atoms with van der Waals surface area (Å²) < 4.78 is 6.65. The second-order valence-corrected chi connectivity index (χ2v) is 3.86. The fourth-order valence-electron chi connectivity index (χ4n) is 1.64. The van der Waals surface area contributed by atoms with E-state index in [0.29, 0.717) is 25.3 Å². The van der Waals surface area contributed by atoms with Gasteiger partial charge in [0.1, 0.15) is 0 Å². The van der Waals surface area contributed by atoms with Crippen molar-refractivity contribution in [2.75, 3.05) is 13.7 Å². The van der Waals surface area contributed by atoms with E-state index in [1.807, 2.05) is 0 Å². The number of rotatable bonds is 8. The van der Waals surface area contributed by atoms with Gasteiger partial charge in [0.2, 0.25) is 0 Å². The van der Waals surface area contributed by atoms with Gasteiger partial charge in [-0.3, -0.25) is 0 Å². The minimum atomic E-state index is -1.03. The van der Waals surface area contributed by atoms with E-state index in [1.165, 1.54) is 0 Å². The van der Waals surface area contributed by atoms with Crippen LogP contribution >= 0.6 is 0 Å². The van der Waals surface area contributed by atoms with Gasteiger partial charge in [0.25, 0.3) is 0 Å². The lowest BCUT2D eigenvalue weighted by Crippen LogP contribution is -2.11. The van der Waals surface area contributed by atoms with Gasteiger partial charge in [-0.25, -0.2) is 9.48 Å². The summed E-state index contributed by atoms with van der Waals surface area (Å²) >= 11 is 0. The first kappa shape index (κ1) is 13.6. The molecule has 96 valence electrons. The van der Waals surface area contributed by atoms with Crippen molar-refractivity contribution in [2.24, 2.45) is 0 Å². The monoisotopic (exact) mass is 241 g/mol. The van der Waals surface area contributed by atoms with Crippen molar-refractivity contribution in [2.45, 2.75) is 39.2 Å². The van der Waals surface area contributed by atoms with Gasteiger partial charge in [-0.05, 0) is 6.42 Å². The molecule has 0 atom stereocenters. The molecule has 0 saturated carbocycles. The zero-order chi connectivity index (χ0) is 12.7. The van der Waals surface area contributed by atoms with E-state index >= 15 is 0 Å². The van der Waals surface area contributed by atoms with Crippen LogP contribution in [0.15, 0.2) is 0 Å². The summed E-state index contributed by atoms with van der Waals surface area (Å²) in [6.45, 7) is 3.31. The molecule has 0 bridgehead atoms. The van der Waals surface area contributed by atoms with Crippen LogP contribution in [0.5, 0.6) is 0 Å². The molecular formula is C11H19N3O3. The van der Waals surface area contributed by atoms with Gasteiger partial charge in [-0.15, -0.1) is 5.10 Å². The van der Waals surface area contributed by atoms with Crippen LogP contribution in [0.25, 0.3) is 0 Å². The Bertz CT molecular complexity index is 363. The minimum Gasteiger partial charge on any atom is -0.476 e. The third-order valence-corrected chi connectivity index (χ3v) is 2.56. The van der Waals surface area contributed by atoms with Gasteiger partial charge in [-0.1, -0.05) is 25.0 Å². The summed E-state index contributed by atoms with van der Waals surface area (Å²) in [5.41, 5.74) is 0.689. The Morgan fingerprint density at radius 2 is 2.24 bits per heavy atom. The van der Waals surface area contributed by atoms with Crippen LogP contribution in [0.3, 0.4) is 0 Å². The number of methoxy groups -OCH3 is 1. The van der Waals surface area contributed by atoms with E-state index in [9.17, 15) is 4.79 Å². The molecule has 0 aliphatic heterocycles. The van der Waals surface area contributed by atoms with E-state index < -0.39 is 5.97 Å². The molecule has 0 aliphatic carbocycles. The number of aryl methyl sites for hydroxylation is 1. The fraction of sp³-hybridized carbons (Fsp3) is 0.727. The first-order valence-electron chi connectivity index (χ1n) is 5.85. The average Bonchev–Trinajstić information content (AvgIpc) is 2.70. The normalized spacial score (nSPS) is 10.7. The number of aromatic carboxylic acids is 1. The number of nitrogens with zero attached hydrogens (tertiary/aromatic N) is 3. The van der Waals surface area contributed by atoms with Crippen LogP contribution in [0, 0.1) is 0 Å². The fourth-order valence-corrected chi connectivity index (χ4v) is 1.64. The van der Waals surface area contributed by atoms with Gasteiger partial charge in [0, 0.05) is 20.1 Å². The standard InChI is InChI=1S/C11H19N3O3/c1-3-4-5-7-14-9(6-8-17-2)10(11(15)16)12-13-14/h3-8H2,1-2H3,(H,15,16). The topological polar surface area (TPSA) is 77.2 Å². The molecule has 0 fully saturated rings. The second kappa shape index (κ2) is 7.01. The summed E-state index contributed by atoms with van der Waals surface area (Å²) in [6.07, 6.45) is 3.73. The number of carboxylic acids is 1. The van der Waals surface area contributed by atoms with Gasteiger partial charge < -0.3 is 9.84 Å². The first-order chi connectivity index (χ1) is 8.20. The predicted molar refractivity (Wildman–Crippen MR) is 62.1 cm³/mol. The molecule has 1 aromatic rings. The molecule has 0 aromatic carbocycles. The van der Waals surface area contributed by atoms with Crippen molar-refractivity contribution in [3.05, 3.63) is 11.4 Å². The Hall–Kier alpha value is -1.43. The Balaban J connectivity index is 2.76. The van der Waals surface area contributed by atoms with Gasteiger partial charge >= 0.3 is 5.97 Å². The van der Waals surface area contributed by atoms with Crippen molar-refractivity contribution in [1.29, 1.82) is 0 Å². The highest BCUT2D eigenvalue weighted by atomic mass is 16.5. The molecule has 1 aromatic heterocycles. The van der Waals surface area contributed by atoms with Gasteiger partial charge in [-0.2, -0.15) is 0 Å². The maximum atomic E-state index is 11.0. The largest absolute Gasteiger partial charge is 0.476 e. The maximum absolute atomic E-state index is 11.0. The molecule has 0 spiro atoms. The molecule has 6 heteroatoms. The van der Waals surface area contributed by atoms with Crippen molar-refractivity contribution >= 4 is 5.97 Å². The summed E-state index contributed by atoms with van der Waals surface area (Å²) in [7, 11) is 1.59. The van der Waals surface area contributed by atoms with Crippen molar-refractivity contribution < 1.29 is 14.6 Å². The smallest absolute Gasteiger partial charge is 0.358 e. The highest BCUT2D eigenvalue weighted by Crippen LogP contribution is 2.09. The van der Waals surface area contributed by atoms with E-state index in [0.717, 1.165) is 19.3 Å². The van der Waals surface area contributed by atoms with Crippen molar-refractivity contribution in [1.82, 2.24) is 15.0 Å². The maximum Gasteiger partial charge on any atom is 0.358 e. The average molecular weight is 241 g/mol. The number of ether oxygens (including phenoxy) is 1. The van der Waals surface area contributed by atoms with Gasteiger partial charge in [0.05, 0.1) is 12.3 Å². The van der Waals surface area contributed by atoms with Crippen molar-refractivity contribution in [3.8, 4) is 0 Å². The zero-order valence-corrected chi connectivity index (χ0v) is 10.3. The molecule has 1 heterocycles. The molecule has 0 amide bonds. The lowest BCUT2D eigenvalue weighted by atomic mass is 10.2. The zero-order valence-electron chi connectivity index (χ0n) is 10.3. The Labute approximate surface area is 101 Å². The molecule has 0 radical (unpaired) electrons. The summed E-state index contributed by atoms with van der Waals surface area (Å²) in [4.78, 5) is 11.0. The summed E-state index contributed by atoms with van der Waals surface area (Å²) in [5, 5.41) is 16.6. The lowest BCUT2D eigenvalue weighted by molar-refractivity contribution is 0.0688. The van der Waals surface area contributed by atoms with E-state index in [1.54, 1.807) is 11.8 Å². The van der Waals surface area contributed by atoms with Crippen LogP contribution in [-0.4, -0.2) is 39.8 Å². The van der Waals surface area contributed by atoms with Crippen LogP contribution in [0.1, 0.15) is 42.4 Å². The number of hydrogen-bond acceptors (Lipinski definition) is 4. The van der Waals surface area contributed by atoms with Crippen molar-refractivity contribution in [3.63, 3.8) is 0 Å². The molecule has 0 saturated heterocycles. The highest BCUT2D eigenvalue weighted by Gasteiger charge is 2.18. The third-order valence-electron chi connectivity index (χ3n) is 2.56. The van der Waals surface area contributed by atoms with Crippen LogP contribution < -0.4 is 0 Å². The number of aromatic nitrogens is 3. The molecule has 1 rings (SSSR count). The summed E-state index contributed by atoms with van der Waals surface area (Å²) in [6, 6.07) is 0. The molecular weight excluding hydrogens is 222 g/mol. The first-order valence-corrected chi connectivity index (χ1v) is 5.85. The van der Waals surface area contributed by atoms with Crippen LogP contribution in [0.2, 0.25) is 0 Å². The number of hydrogen-bond donors (Lipinski definition) is 1. The molecule has 6 nitrogen and oxygen atoms in total. The Kier molecular flexibility index (Phi) is 5.62. The van der Waals surface area contributed by atoms with E-state index in [4.69, 9.17) is 9.84 Å². The molecule has 0 unspecified atom stereocenters. The number of carbonyl (C=O) groups is 1. The quantitative estimate of drug-likeness (QED) is 0.695. The van der Waals surface area contributed by atoms with E-state index in [-0.39, 0.29) is 5.69 Å². The van der Waals surface area contributed by atoms with Gasteiger partial charge in [0.15, 0.2) is 5.69 Å².